The van der Waals surface area contributed by atoms with E-state index in [0.29, 0.717) is 19.3 Å². The number of unbranched alkanes of at least 4 members (excludes halogenated alkanes) is 13. The maximum atomic E-state index is 12.9. The molecule has 0 aromatic heterocycles. The fourth-order valence-corrected chi connectivity index (χ4v) is 5.70. The Morgan fingerprint density at radius 2 is 1.11 bits per heavy atom. The second-order valence-corrected chi connectivity index (χ2v) is 16.3. The summed E-state index contributed by atoms with van der Waals surface area (Å²) in [6.45, 7) is 11.8. The molecule has 56 heavy (non-hydrogen) atoms. The predicted molar refractivity (Wildman–Crippen MR) is 215 cm³/mol. The highest BCUT2D eigenvalue weighted by atomic mass is 16.6. The number of carboxylic acids is 1. The molecule has 0 aliphatic carbocycles. The molecule has 0 spiro atoms. The van der Waals surface area contributed by atoms with Gasteiger partial charge in [-0.2, -0.15) is 0 Å². The number of urea groups is 1. The summed E-state index contributed by atoms with van der Waals surface area (Å²) < 4.78 is 21.1. The number of nitrogens with one attached hydrogen (secondary N) is 2. The van der Waals surface area contributed by atoms with Crippen molar-refractivity contribution in [2.75, 3.05) is 46.1 Å². The second kappa shape index (κ2) is 31.6. The minimum absolute atomic E-state index is 0.00110. The molecule has 0 rings (SSSR count). The number of carboxylic acid groups (broad SMARTS) is 1. The fourth-order valence-electron chi connectivity index (χ4n) is 5.70. The van der Waals surface area contributed by atoms with Crippen molar-refractivity contribution in [1.82, 2.24) is 15.5 Å². The van der Waals surface area contributed by atoms with E-state index in [-0.39, 0.29) is 70.1 Å². The number of amides is 4. The molecule has 15 heteroatoms. The summed E-state index contributed by atoms with van der Waals surface area (Å²) in [4.78, 5) is 73.6. The van der Waals surface area contributed by atoms with Crippen LogP contribution in [0.25, 0.3) is 0 Å². The zero-order valence-electron chi connectivity index (χ0n) is 35.5. The number of carbonyl (C=O) groups excluding carboxylic acids is 5. The first-order valence-electron chi connectivity index (χ1n) is 20.8. The van der Waals surface area contributed by atoms with Crippen molar-refractivity contribution in [2.45, 2.75) is 181 Å². The van der Waals surface area contributed by atoms with Gasteiger partial charge in [0.2, 0.25) is 11.8 Å². The highest BCUT2D eigenvalue weighted by Crippen LogP contribution is 2.16. The van der Waals surface area contributed by atoms with Gasteiger partial charge in [-0.1, -0.05) is 77.0 Å². The van der Waals surface area contributed by atoms with Crippen LogP contribution in [0, 0.1) is 0 Å². The lowest BCUT2D eigenvalue weighted by molar-refractivity contribution is -0.159. The molecule has 0 fully saturated rings. The molecule has 15 nitrogen and oxygen atoms in total. The molecular formula is C41H76N4O11. The molecule has 0 saturated carbocycles. The smallest absolute Gasteiger partial charge is 0.329 e. The maximum absolute atomic E-state index is 12.9. The summed E-state index contributed by atoms with van der Waals surface area (Å²) in [5, 5.41) is 14.1. The highest BCUT2D eigenvalue weighted by molar-refractivity contribution is 5.85. The summed E-state index contributed by atoms with van der Waals surface area (Å²) in [6.07, 6.45) is 16.9. The SMILES string of the molecule is CC(C)(C)OC(=O)CCCCCCCCCCCCCCCCC(=O)N[C@@H](CCC(=O)NCCCN(CCOCCOCC(=O)O)C(N)=O)C(=O)OC(C)(C)C. The molecule has 326 valence electrons. The Kier molecular flexibility index (Phi) is 29.7. The van der Waals surface area contributed by atoms with Crippen LogP contribution in [0.2, 0.25) is 0 Å². The van der Waals surface area contributed by atoms with Crippen molar-refractivity contribution < 1.29 is 52.8 Å². The van der Waals surface area contributed by atoms with E-state index in [9.17, 15) is 28.8 Å². The topological polar surface area (TPSA) is 213 Å². The average Bonchev–Trinajstić information content (AvgIpc) is 3.08. The van der Waals surface area contributed by atoms with Gasteiger partial charge in [0, 0.05) is 38.9 Å². The summed E-state index contributed by atoms with van der Waals surface area (Å²) in [7, 11) is 0. The number of nitrogens with zero attached hydrogens (tertiary/aromatic N) is 1. The Hall–Kier alpha value is -3.46. The molecule has 0 aliphatic heterocycles. The summed E-state index contributed by atoms with van der Waals surface area (Å²) >= 11 is 0. The van der Waals surface area contributed by atoms with Crippen LogP contribution in [0.5, 0.6) is 0 Å². The maximum Gasteiger partial charge on any atom is 0.329 e. The molecule has 0 heterocycles. The van der Waals surface area contributed by atoms with E-state index in [1.54, 1.807) is 20.8 Å². The second-order valence-electron chi connectivity index (χ2n) is 16.3. The number of ether oxygens (including phenoxy) is 4. The monoisotopic (exact) mass is 801 g/mol. The Morgan fingerprint density at radius 3 is 1.61 bits per heavy atom. The van der Waals surface area contributed by atoms with Gasteiger partial charge in [0.05, 0.1) is 19.8 Å². The van der Waals surface area contributed by atoms with E-state index in [0.717, 1.165) is 38.5 Å². The van der Waals surface area contributed by atoms with E-state index >= 15 is 0 Å². The Balaban J connectivity index is 4.20. The van der Waals surface area contributed by atoms with Gasteiger partial charge in [-0.15, -0.1) is 0 Å². The Morgan fingerprint density at radius 1 is 0.607 bits per heavy atom. The van der Waals surface area contributed by atoms with Crippen LogP contribution in [0.3, 0.4) is 0 Å². The lowest BCUT2D eigenvalue weighted by Crippen LogP contribution is -2.45. The number of rotatable bonds is 34. The standard InChI is InChI=1S/C41H76N4O11/c1-40(2,3)55-37(50)23-20-18-16-14-12-10-8-7-9-11-13-15-17-19-22-35(47)44-33(38(51)56-41(4,5)6)24-25-34(46)43-26-21-27-45(39(42)52)28-29-53-30-31-54-32-36(48)49/h33H,7-32H2,1-6H3,(H2,42,52)(H,43,46)(H,44,47)(H,48,49)/t33-/m0/s1. The van der Waals surface area contributed by atoms with Crippen LogP contribution in [0.4, 0.5) is 4.79 Å². The highest BCUT2D eigenvalue weighted by Gasteiger charge is 2.27. The summed E-state index contributed by atoms with van der Waals surface area (Å²) in [5.41, 5.74) is 4.28. The van der Waals surface area contributed by atoms with Crippen LogP contribution in [0.1, 0.15) is 164 Å². The zero-order chi connectivity index (χ0) is 42.2. The number of nitrogens with two attached hydrogens (primary N) is 1. The van der Waals surface area contributed by atoms with Gasteiger partial charge < -0.3 is 45.3 Å². The van der Waals surface area contributed by atoms with Crippen molar-refractivity contribution in [3.05, 3.63) is 0 Å². The molecule has 0 unspecified atom stereocenters. The van der Waals surface area contributed by atoms with Crippen molar-refractivity contribution in [1.29, 1.82) is 0 Å². The van der Waals surface area contributed by atoms with Crippen molar-refractivity contribution in [3.63, 3.8) is 0 Å². The van der Waals surface area contributed by atoms with Gasteiger partial charge in [-0.3, -0.25) is 14.4 Å². The van der Waals surface area contributed by atoms with Crippen LogP contribution in [-0.2, 0) is 42.9 Å². The first kappa shape index (κ1) is 52.5. The third-order valence-corrected chi connectivity index (χ3v) is 8.48. The minimum Gasteiger partial charge on any atom is -0.480 e. The van der Waals surface area contributed by atoms with Crippen LogP contribution >= 0.6 is 0 Å². The molecule has 0 aromatic rings. The third-order valence-electron chi connectivity index (χ3n) is 8.48. The number of hydrogen-bond acceptors (Lipinski definition) is 10. The third kappa shape index (κ3) is 35.0. The molecular weight excluding hydrogens is 724 g/mol. The zero-order valence-corrected chi connectivity index (χ0v) is 35.5. The van der Waals surface area contributed by atoms with Gasteiger partial charge >= 0.3 is 23.9 Å². The van der Waals surface area contributed by atoms with E-state index in [4.69, 9.17) is 29.8 Å². The van der Waals surface area contributed by atoms with E-state index in [2.05, 4.69) is 10.6 Å². The molecule has 5 N–H and O–H groups in total. The number of hydrogen-bond donors (Lipinski definition) is 4. The lowest BCUT2D eigenvalue weighted by atomic mass is 10.0. The van der Waals surface area contributed by atoms with Gasteiger partial charge in [0.1, 0.15) is 23.9 Å². The summed E-state index contributed by atoms with van der Waals surface area (Å²) in [6, 6.07) is -1.58. The van der Waals surface area contributed by atoms with Crippen molar-refractivity contribution in [2.24, 2.45) is 5.73 Å². The van der Waals surface area contributed by atoms with Crippen molar-refractivity contribution in [3.8, 4) is 0 Å². The first-order valence-corrected chi connectivity index (χ1v) is 20.8. The minimum atomic E-state index is -1.07. The van der Waals surface area contributed by atoms with Gasteiger partial charge in [-0.25, -0.2) is 14.4 Å². The van der Waals surface area contributed by atoms with E-state index in [1.165, 1.54) is 56.3 Å². The molecule has 4 amide bonds. The molecule has 0 aliphatic rings. The lowest BCUT2D eigenvalue weighted by Gasteiger charge is -2.24. The van der Waals surface area contributed by atoms with Crippen LogP contribution in [0.15, 0.2) is 0 Å². The molecule has 0 saturated heterocycles. The number of carbonyl (C=O) groups is 6. The summed E-state index contributed by atoms with van der Waals surface area (Å²) in [5.74, 6) is -2.29. The van der Waals surface area contributed by atoms with Gasteiger partial charge in [-0.05, 0) is 67.2 Å². The Labute approximate surface area is 336 Å². The van der Waals surface area contributed by atoms with Gasteiger partial charge in [0.15, 0.2) is 0 Å². The number of primary amides is 1. The van der Waals surface area contributed by atoms with E-state index in [1.807, 2.05) is 20.8 Å². The number of aliphatic carboxylic acids is 1. The quantitative estimate of drug-likeness (QED) is 0.0426. The Bertz CT molecular complexity index is 1120. The largest absolute Gasteiger partial charge is 0.480 e. The molecule has 0 radical (unpaired) electrons. The number of esters is 2. The normalized spacial score (nSPS) is 12.1. The molecule has 1 atom stereocenters. The van der Waals surface area contributed by atoms with Crippen LogP contribution in [-0.4, -0.2) is 109 Å². The van der Waals surface area contributed by atoms with Crippen LogP contribution < -0.4 is 16.4 Å². The predicted octanol–water partition coefficient (Wildman–Crippen LogP) is 6.18. The van der Waals surface area contributed by atoms with E-state index < -0.39 is 41.8 Å². The molecule has 0 bridgehead atoms. The average molecular weight is 801 g/mol. The fraction of sp³-hybridized carbons (Fsp3) is 0.854. The first-order chi connectivity index (χ1) is 26.4. The van der Waals surface area contributed by atoms with Gasteiger partial charge in [0.25, 0.3) is 0 Å². The van der Waals surface area contributed by atoms with Crippen molar-refractivity contribution >= 4 is 35.8 Å². The molecule has 0 aromatic carbocycles.